The van der Waals surface area contributed by atoms with Gasteiger partial charge < -0.3 is 0 Å². The Hall–Kier alpha value is -2.64. The number of aromatic nitrogens is 2. The highest BCUT2D eigenvalue weighted by molar-refractivity contribution is 6.30. The fourth-order valence-corrected chi connectivity index (χ4v) is 2.95. The molecule has 5 heteroatoms. The van der Waals surface area contributed by atoms with Crippen molar-refractivity contribution in [3.05, 3.63) is 64.7 Å². The number of rotatable bonds is 3. The minimum absolute atomic E-state index is 0.130. The van der Waals surface area contributed by atoms with E-state index in [1.807, 2.05) is 26.0 Å². The molecule has 0 fully saturated rings. The van der Waals surface area contributed by atoms with Crippen molar-refractivity contribution < 1.29 is 4.39 Å². The Balaban J connectivity index is 2.44. The van der Waals surface area contributed by atoms with Crippen molar-refractivity contribution in [2.75, 3.05) is 0 Å². The van der Waals surface area contributed by atoms with Gasteiger partial charge in [0.25, 0.3) is 0 Å². The summed E-state index contributed by atoms with van der Waals surface area (Å²) >= 11 is 6.26. The van der Waals surface area contributed by atoms with Crippen LogP contribution in [0.25, 0.3) is 22.7 Å². The second kappa shape index (κ2) is 6.46. The van der Waals surface area contributed by atoms with Crippen molar-refractivity contribution in [3.63, 3.8) is 0 Å². The molecule has 0 aliphatic heterocycles. The fraction of sp³-hybridized carbons (Fsp3) is 0.158. The minimum Gasteiger partial charge on any atom is -0.221 e. The lowest BCUT2D eigenvalue weighted by atomic mass is 9.94. The third-order valence-electron chi connectivity index (χ3n) is 3.82. The molecule has 0 saturated carbocycles. The van der Waals surface area contributed by atoms with Crippen LogP contribution in [0.4, 0.5) is 4.39 Å². The van der Waals surface area contributed by atoms with Gasteiger partial charge in [0.1, 0.15) is 11.0 Å². The van der Waals surface area contributed by atoms with Gasteiger partial charge in [-0.15, -0.1) is 0 Å². The quantitative estimate of drug-likeness (QED) is 0.595. The fourth-order valence-electron chi connectivity index (χ4n) is 2.76. The molecule has 0 atom stereocenters. The SMILES string of the molecule is CC(C)c1nn2c(Cl)ccc2c(-c2ccc(F)cc2)c1/C=C/C#N. The third-order valence-corrected chi connectivity index (χ3v) is 4.11. The molecule has 24 heavy (non-hydrogen) atoms. The first-order chi connectivity index (χ1) is 11.5. The summed E-state index contributed by atoms with van der Waals surface area (Å²) in [4.78, 5) is 0. The highest BCUT2D eigenvalue weighted by atomic mass is 35.5. The molecule has 3 nitrogen and oxygen atoms in total. The van der Waals surface area contributed by atoms with Crippen LogP contribution in [0, 0.1) is 17.1 Å². The van der Waals surface area contributed by atoms with E-state index in [1.54, 1.807) is 28.8 Å². The molecule has 0 unspecified atom stereocenters. The molecular formula is C19H15ClFN3. The Kier molecular flexibility index (Phi) is 4.37. The topological polar surface area (TPSA) is 41.1 Å². The first kappa shape index (κ1) is 16.2. The van der Waals surface area contributed by atoms with Crippen LogP contribution in [0.5, 0.6) is 0 Å². The van der Waals surface area contributed by atoms with Crippen LogP contribution in [-0.2, 0) is 0 Å². The summed E-state index contributed by atoms with van der Waals surface area (Å²) < 4.78 is 15.0. The van der Waals surface area contributed by atoms with Crippen molar-refractivity contribution in [1.29, 1.82) is 5.26 Å². The summed E-state index contributed by atoms with van der Waals surface area (Å²) in [5, 5.41) is 14.1. The molecule has 1 aromatic carbocycles. The van der Waals surface area contributed by atoms with Gasteiger partial charge in [0.2, 0.25) is 0 Å². The van der Waals surface area contributed by atoms with Crippen molar-refractivity contribution in [2.45, 2.75) is 19.8 Å². The van der Waals surface area contributed by atoms with Gasteiger partial charge in [-0.05, 0) is 41.8 Å². The minimum atomic E-state index is -0.296. The zero-order valence-corrected chi connectivity index (χ0v) is 14.0. The first-order valence-corrected chi connectivity index (χ1v) is 7.94. The molecule has 0 saturated heterocycles. The monoisotopic (exact) mass is 339 g/mol. The molecule has 3 rings (SSSR count). The maximum atomic E-state index is 13.3. The second-order valence-electron chi connectivity index (χ2n) is 5.75. The van der Waals surface area contributed by atoms with E-state index < -0.39 is 0 Å². The molecule has 0 bridgehead atoms. The predicted molar refractivity (Wildman–Crippen MR) is 94.3 cm³/mol. The van der Waals surface area contributed by atoms with E-state index in [0.29, 0.717) is 5.15 Å². The van der Waals surface area contributed by atoms with E-state index in [1.165, 1.54) is 18.2 Å². The lowest BCUT2D eigenvalue weighted by Crippen LogP contribution is -2.06. The van der Waals surface area contributed by atoms with Crippen LogP contribution < -0.4 is 0 Å². The molecule has 120 valence electrons. The van der Waals surface area contributed by atoms with Crippen LogP contribution in [0.3, 0.4) is 0 Å². The zero-order chi connectivity index (χ0) is 17.3. The zero-order valence-electron chi connectivity index (χ0n) is 13.3. The molecule has 0 amide bonds. The summed E-state index contributed by atoms with van der Waals surface area (Å²) in [7, 11) is 0. The van der Waals surface area contributed by atoms with Gasteiger partial charge in [-0.25, -0.2) is 8.91 Å². The average molecular weight is 340 g/mol. The number of benzene rings is 1. The van der Waals surface area contributed by atoms with Crippen molar-refractivity contribution in [3.8, 4) is 17.2 Å². The Labute approximate surface area is 144 Å². The Morgan fingerprint density at radius 2 is 1.92 bits per heavy atom. The summed E-state index contributed by atoms with van der Waals surface area (Å²) in [5.41, 5.74) is 4.21. The lowest BCUT2D eigenvalue weighted by molar-refractivity contribution is 0.628. The number of hydrogen-bond acceptors (Lipinski definition) is 2. The first-order valence-electron chi connectivity index (χ1n) is 7.56. The number of allylic oxidation sites excluding steroid dienone is 1. The highest BCUT2D eigenvalue weighted by Gasteiger charge is 2.18. The van der Waals surface area contributed by atoms with Gasteiger partial charge in [-0.2, -0.15) is 10.4 Å². The normalized spacial score (nSPS) is 11.5. The van der Waals surface area contributed by atoms with E-state index in [4.69, 9.17) is 16.9 Å². The average Bonchev–Trinajstić information content (AvgIpc) is 2.93. The number of fused-ring (bicyclic) bond motifs is 1. The molecule has 3 aromatic rings. The van der Waals surface area contributed by atoms with E-state index in [-0.39, 0.29) is 11.7 Å². The standard InChI is InChI=1S/C19H15ClFN3/c1-12(2)19-15(4-3-11-22)18(13-5-7-14(21)8-6-13)16-9-10-17(20)24(16)23-19/h3-10,12H,1-2H3/b4-3+. The van der Waals surface area contributed by atoms with Crippen LogP contribution in [0.15, 0.2) is 42.5 Å². The van der Waals surface area contributed by atoms with Crippen molar-refractivity contribution in [2.24, 2.45) is 0 Å². The molecule has 0 spiro atoms. The van der Waals surface area contributed by atoms with Crippen molar-refractivity contribution in [1.82, 2.24) is 9.61 Å². The molecule has 0 aliphatic carbocycles. The number of nitrogens with zero attached hydrogens (tertiary/aromatic N) is 3. The maximum Gasteiger partial charge on any atom is 0.131 e. The van der Waals surface area contributed by atoms with Gasteiger partial charge >= 0.3 is 0 Å². The summed E-state index contributed by atoms with van der Waals surface area (Å²) in [5.74, 6) is -0.166. The molecule has 0 aliphatic rings. The second-order valence-corrected chi connectivity index (χ2v) is 6.14. The lowest BCUT2D eigenvalue weighted by Gasteiger charge is -2.16. The van der Waals surface area contributed by atoms with E-state index in [0.717, 1.165) is 27.9 Å². The van der Waals surface area contributed by atoms with Crippen LogP contribution in [-0.4, -0.2) is 9.61 Å². The Morgan fingerprint density at radius 1 is 1.21 bits per heavy atom. The number of halogens is 2. The van der Waals surface area contributed by atoms with Gasteiger partial charge in [0, 0.05) is 17.2 Å². The van der Waals surface area contributed by atoms with Gasteiger partial charge in [-0.1, -0.05) is 37.6 Å². The van der Waals surface area contributed by atoms with Gasteiger partial charge in [-0.3, -0.25) is 0 Å². The molecule has 2 heterocycles. The van der Waals surface area contributed by atoms with Crippen LogP contribution in [0.1, 0.15) is 31.0 Å². The van der Waals surface area contributed by atoms with E-state index in [2.05, 4.69) is 5.10 Å². The smallest absolute Gasteiger partial charge is 0.131 e. The summed E-state index contributed by atoms with van der Waals surface area (Å²) in [6, 6.07) is 12.0. The number of nitriles is 1. The summed E-state index contributed by atoms with van der Waals surface area (Å²) in [6.45, 7) is 4.06. The molecule has 2 aromatic heterocycles. The molecular weight excluding hydrogens is 325 g/mol. The van der Waals surface area contributed by atoms with Crippen LogP contribution in [0.2, 0.25) is 5.15 Å². The van der Waals surface area contributed by atoms with E-state index in [9.17, 15) is 4.39 Å². The number of hydrogen-bond donors (Lipinski definition) is 0. The predicted octanol–water partition coefficient (Wildman–Crippen LogP) is 5.45. The van der Waals surface area contributed by atoms with Crippen molar-refractivity contribution >= 4 is 23.2 Å². The third kappa shape index (κ3) is 2.79. The van der Waals surface area contributed by atoms with Gasteiger partial charge in [0.05, 0.1) is 17.3 Å². The highest BCUT2D eigenvalue weighted by Crippen LogP contribution is 2.35. The molecule has 0 radical (unpaired) electrons. The largest absolute Gasteiger partial charge is 0.221 e. The van der Waals surface area contributed by atoms with E-state index >= 15 is 0 Å². The Bertz CT molecular complexity index is 963. The molecule has 0 N–H and O–H groups in total. The van der Waals surface area contributed by atoms with Crippen LogP contribution >= 0.6 is 11.6 Å². The maximum absolute atomic E-state index is 13.3. The summed E-state index contributed by atoms with van der Waals surface area (Å²) in [6.07, 6.45) is 3.18. The Morgan fingerprint density at radius 3 is 2.54 bits per heavy atom. The van der Waals surface area contributed by atoms with Gasteiger partial charge in [0.15, 0.2) is 0 Å².